The third kappa shape index (κ3) is 3.35. The van der Waals surface area contributed by atoms with E-state index in [0.29, 0.717) is 17.0 Å². The SMILES string of the molecule is Cc1ccccc1NC(=O)c1ccc(N=C2C(=O)Nc3ccccc32)cc1. The predicted octanol–water partition coefficient (Wildman–Crippen LogP) is 4.32. The minimum atomic E-state index is -0.224. The van der Waals surface area contributed by atoms with Crippen LogP contribution in [0.4, 0.5) is 17.1 Å². The summed E-state index contributed by atoms with van der Waals surface area (Å²) in [6.07, 6.45) is 0. The molecule has 0 saturated heterocycles. The number of rotatable bonds is 3. The van der Waals surface area contributed by atoms with Crippen molar-refractivity contribution in [2.45, 2.75) is 6.92 Å². The van der Waals surface area contributed by atoms with Crippen LogP contribution in [0.15, 0.2) is 77.8 Å². The lowest BCUT2D eigenvalue weighted by Gasteiger charge is -2.08. The lowest BCUT2D eigenvalue weighted by molar-refractivity contribution is -0.110. The molecular weight excluding hydrogens is 338 g/mol. The van der Waals surface area contributed by atoms with Crippen molar-refractivity contribution in [1.29, 1.82) is 0 Å². The molecule has 0 aliphatic carbocycles. The summed E-state index contributed by atoms with van der Waals surface area (Å²) in [6, 6.07) is 21.9. The molecular formula is C22H17N3O2. The maximum absolute atomic E-state index is 12.4. The number of nitrogens with one attached hydrogen (secondary N) is 2. The van der Waals surface area contributed by atoms with Gasteiger partial charge in [-0.15, -0.1) is 0 Å². The number of hydrogen-bond acceptors (Lipinski definition) is 3. The molecule has 0 spiro atoms. The van der Waals surface area contributed by atoms with Gasteiger partial charge in [-0.1, -0.05) is 36.4 Å². The molecule has 4 rings (SSSR count). The van der Waals surface area contributed by atoms with E-state index in [1.54, 1.807) is 24.3 Å². The van der Waals surface area contributed by atoms with E-state index in [1.165, 1.54) is 0 Å². The summed E-state index contributed by atoms with van der Waals surface area (Å²) in [5, 5.41) is 5.70. The van der Waals surface area contributed by atoms with Crippen LogP contribution in [0, 0.1) is 6.92 Å². The number of carbonyl (C=O) groups is 2. The Hall–Kier alpha value is -3.73. The Labute approximate surface area is 156 Å². The fraction of sp³-hybridized carbons (Fsp3) is 0.0455. The second kappa shape index (κ2) is 6.88. The fourth-order valence-electron chi connectivity index (χ4n) is 2.94. The van der Waals surface area contributed by atoms with Gasteiger partial charge in [0.15, 0.2) is 0 Å². The summed E-state index contributed by atoms with van der Waals surface area (Å²) >= 11 is 0. The Morgan fingerprint density at radius 1 is 0.926 bits per heavy atom. The molecule has 27 heavy (non-hydrogen) atoms. The summed E-state index contributed by atoms with van der Waals surface area (Å²) in [4.78, 5) is 29.0. The molecule has 5 heteroatoms. The van der Waals surface area contributed by atoms with Crippen LogP contribution in [0.25, 0.3) is 0 Å². The van der Waals surface area contributed by atoms with Crippen LogP contribution < -0.4 is 10.6 Å². The molecule has 0 aromatic heterocycles. The van der Waals surface area contributed by atoms with Crippen molar-refractivity contribution in [3.8, 4) is 0 Å². The quantitative estimate of drug-likeness (QED) is 0.734. The predicted molar refractivity (Wildman–Crippen MR) is 107 cm³/mol. The van der Waals surface area contributed by atoms with Crippen LogP contribution in [0.3, 0.4) is 0 Å². The summed E-state index contributed by atoms with van der Waals surface area (Å²) in [5.41, 5.74) is 4.84. The largest absolute Gasteiger partial charge is 0.322 e. The molecule has 3 aromatic rings. The number of aryl methyl sites for hydroxylation is 1. The molecule has 2 amide bonds. The van der Waals surface area contributed by atoms with Crippen molar-refractivity contribution >= 4 is 34.6 Å². The minimum absolute atomic E-state index is 0.188. The van der Waals surface area contributed by atoms with Crippen molar-refractivity contribution in [1.82, 2.24) is 0 Å². The van der Waals surface area contributed by atoms with E-state index in [-0.39, 0.29) is 11.8 Å². The normalized spacial score (nSPS) is 14.0. The van der Waals surface area contributed by atoms with Crippen molar-refractivity contribution in [3.63, 3.8) is 0 Å². The van der Waals surface area contributed by atoms with Gasteiger partial charge in [-0.3, -0.25) is 9.59 Å². The Morgan fingerprint density at radius 2 is 1.63 bits per heavy atom. The van der Waals surface area contributed by atoms with Gasteiger partial charge in [0, 0.05) is 16.8 Å². The number of fused-ring (bicyclic) bond motifs is 1. The van der Waals surface area contributed by atoms with Crippen LogP contribution in [0.2, 0.25) is 0 Å². The van der Waals surface area contributed by atoms with Gasteiger partial charge in [-0.2, -0.15) is 0 Å². The van der Waals surface area contributed by atoms with Crippen LogP contribution in [-0.4, -0.2) is 17.5 Å². The number of anilines is 2. The van der Waals surface area contributed by atoms with Gasteiger partial charge in [0.1, 0.15) is 5.71 Å². The number of benzene rings is 3. The number of hydrogen-bond donors (Lipinski definition) is 2. The molecule has 1 aliphatic rings. The second-order valence-corrected chi connectivity index (χ2v) is 6.28. The van der Waals surface area contributed by atoms with E-state index in [0.717, 1.165) is 22.5 Å². The number of amides is 2. The van der Waals surface area contributed by atoms with Crippen molar-refractivity contribution < 1.29 is 9.59 Å². The molecule has 3 aromatic carbocycles. The standard InChI is InChI=1S/C22H17N3O2/c1-14-6-2-4-8-18(14)24-21(26)15-10-12-16(13-11-15)23-20-17-7-3-5-9-19(17)25-22(20)27/h2-13H,1H3,(H,24,26)(H,23,25,27). The van der Waals surface area contributed by atoms with Gasteiger partial charge in [0.2, 0.25) is 0 Å². The second-order valence-electron chi connectivity index (χ2n) is 6.28. The van der Waals surface area contributed by atoms with E-state index in [1.807, 2.05) is 55.5 Å². The number of para-hydroxylation sites is 2. The molecule has 0 unspecified atom stereocenters. The smallest absolute Gasteiger partial charge is 0.275 e. The number of nitrogens with zero attached hydrogens (tertiary/aromatic N) is 1. The zero-order valence-electron chi connectivity index (χ0n) is 14.7. The van der Waals surface area contributed by atoms with Gasteiger partial charge >= 0.3 is 0 Å². The van der Waals surface area contributed by atoms with Crippen LogP contribution in [0.1, 0.15) is 21.5 Å². The molecule has 132 valence electrons. The van der Waals surface area contributed by atoms with E-state index >= 15 is 0 Å². The maximum Gasteiger partial charge on any atom is 0.275 e. The Balaban J connectivity index is 1.55. The number of carbonyl (C=O) groups excluding carboxylic acids is 2. The monoisotopic (exact) mass is 355 g/mol. The third-order valence-corrected chi connectivity index (χ3v) is 4.41. The average molecular weight is 355 g/mol. The highest BCUT2D eigenvalue weighted by Crippen LogP contribution is 2.25. The molecule has 1 aliphatic heterocycles. The topological polar surface area (TPSA) is 70.6 Å². The summed E-state index contributed by atoms with van der Waals surface area (Å²) in [5.74, 6) is -0.412. The van der Waals surface area contributed by atoms with E-state index < -0.39 is 0 Å². The van der Waals surface area contributed by atoms with Crippen LogP contribution >= 0.6 is 0 Å². The summed E-state index contributed by atoms with van der Waals surface area (Å²) in [7, 11) is 0. The van der Waals surface area contributed by atoms with Gasteiger partial charge in [-0.25, -0.2) is 4.99 Å². The zero-order valence-corrected chi connectivity index (χ0v) is 14.7. The molecule has 0 saturated carbocycles. The van der Waals surface area contributed by atoms with Gasteiger partial charge < -0.3 is 10.6 Å². The summed E-state index contributed by atoms with van der Waals surface area (Å²) < 4.78 is 0. The first-order valence-electron chi connectivity index (χ1n) is 8.58. The van der Waals surface area contributed by atoms with Crippen LogP contribution in [0.5, 0.6) is 0 Å². The first-order valence-corrected chi connectivity index (χ1v) is 8.58. The van der Waals surface area contributed by atoms with Crippen molar-refractivity contribution in [2.24, 2.45) is 4.99 Å². The van der Waals surface area contributed by atoms with E-state index in [9.17, 15) is 9.59 Å². The summed E-state index contributed by atoms with van der Waals surface area (Å²) in [6.45, 7) is 1.94. The van der Waals surface area contributed by atoms with E-state index in [4.69, 9.17) is 0 Å². The highest BCUT2D eigenvalue weighted by atomic mass is 16.2. The lowest BCUT2D eigenvalue weighted by Crippen LogP contribution is -2.14. The highest BCUT2D eigenvalue weighted by molar-refractivity contribution is 6.54. The third-order valence-electron chi connectivity index (χ3n) is 4.41. The first kappa shape index (κ1) is 16.7. The molecule has 0 atom stereocenters. The van der Waals surface area contributed by atoms with Crippen molar-refractivity contribution in [2.75, 3.05) is 10.6 Å². The molecule has 2 N–H and O–H groups in total. The molecule has 0 radical (unpaired) electrons. The van der Waals surface area contributed by atoms with Crippen molar-refractivity contribution in [3.05, 3.63) is 89.5 Å². The molecule has 1 heterocycles. The number of aliphatic imine (C=N–C) groups is 1. The van der Waals surface area contributed by atoms with Gasteiger partial charge in [0.25, 0.3) is 11.8 Å². The Morgan fingerprint density at radius 3 is 2.41 bits per heavy atom. The molecule has 0 bridgehead atoms. The molecule has 0 fully saturated rings. The molecule has 5 nitrogen and oxygen atoms in total. The fourth-order valence-corrected chi connectivity index (χ4v) is 2.94. The maximum atomic E-state index is 12.4. The van der Waals surface area contributed by atoms with Gasteiger partial charge in [0.05, 0.1) is 11.4 Å². The van der Waals surface area contributed by atoms with E-state index in [2.05, 4.69) is 15.6 Å². The lowest BCUT2D eigenvalue weighted by atomic mass is 10.1. The average Bonchev–Trinajstić information content (AvgIpc) is 2.99. The highest BCUT2D eigenvalue weighted by Gasteiger charge is 2.25. The first-order chi connectivity index (χ1) is 13.1. The van der Waals surface area contributed by atoms with Crippen LogP contribution in [-0.2, 0) is 4.79 Å². The van der Waals surface area contributed by atoms with Gasteiger partial charge in [-0.05, 0) is 48.9 Å². The zero-order chi connectivity index (χ0) is 18.8. The minimum Gasteiger partial charge on any atom is -0.322 e. The Bertz CT molecular complexity index is 1070. The Kier molecular flexibility index (Phi) is 4.26.